The van der Waals surface area contributed by atoms with Crippen molar-refractivity contribution in [3.63, 3.8) is 0 Å². The predicted octanol–water partition coefficient (Wildman–Crippen LogP) is 3.71. The lowest BCUT2D eigenvalue weighted by Crippen LogP contribution is -2.50. The van der Waals surface area contributed by atoms with Gasteiger partial charge in [0.05, 0.1) is 0 Å². The molecule has 0 spiro atoms. The van der Waals surface area contributed by atoms with Crippen LogP contribution in [0, 0.1) is 0 Å². The van der Waals surface area contributed by atoms with Crippen LogP contribution in [0.3, 0.4) is 0 Å². The Morgan fingerprint density at radius 2 is 1.79 bits per heavy atom. The lowest BCUT2D eigenvalue weighted by atomic mass is 9.99. The number of carbonyl (C=O) groups is 1. The van der Waals surface area contributed by atoms with E-state index in [1.54, 1.807) is 12.4 Å². The molecule has 0 atom stereocenters. The fourth-order valence-corrected chi connectivity index (χ4v) is 5.38. The molecule has 1 aromatic heterocycles. The minimum atomic E-state index is -0.229. The third-order valence-electron chi connectivity index (χ3n) is 7.17. The number of fused-ring (bicyclic) bond motifs is 1. The lowest BCUT2D eigenvalue weighted by Gasteiger charge is -2.41. The Morgan fingerprint density at radius 1 is 1.06 bits per heavy atom. The van der Waals surface area contributed by atoms with Crippen LogP contribution in [0.1, 0.15) is 45.1 Å². The first-order valence-electron chi connectivity index (χ1n) is 12.5. The Kier molecular flexibility index (Phi) is 6.63. The van der Waals surface area contributed by atoms with Gasteiger partial charge in [-0.3, -0.25) is 14.7 Å². The van der Waals surface area contributed by atoms with E-state index in [-0.39, 0.29) is 24.2 Å². The maximum atomic E-state index is 12.8. The highest BCUT2D eigenvalue weighted by atomic mass is 16.5. The molecule has 3 aliphatic rings. The number of nitrogens with zero attached hydrogens (tertiary/aromatic N) is 3. The van der Waals surface area contributed by atoms with Crippen LogP contribution in [0.15, 0.2) is 42.7 Å². The van der Waals surface area contributed by atoms with Crippen molar-refractivity contribution >= 4 is 5.91 Å². The van der Waals surface area contributed by atoms with Gasteiger partial charge in [-0.2, -0.15) is 0 Å². The van der Waals surface area contributed by atoms with Gasteiger partial charge in [0, 0.05) is 56.6 Å². The number of piperidine rings is 2. The van der Waals surface area contributed by atoms with Gasteiger partial charge in [-0.15, -0.1) is 0 Å². The van der Waals surface area contributed by atoms with Crippen molar-refractivity contribution in [2.45, 2.75) is 63.7 Å². The number of pyridine rings is 1. The van der Waals surface area contributed by atoms with Gasteiger partial charge in [-0.1, -0.05) is 12.1 Å². The molecule has 0 N–H and O–H groups in total. The largest absolute Gasteiger partial charge is 0.490 e. The molecule has 7 nitrogen and oxygen atoms in total. The molecule has 0 radical (unpaired) electrons. The number of benzene rings is 1. The molecule has 2 saturated heterocycles. The summed E-state index contributed by atoms with van der Waals surface area (Å²) in [6.45, 7) is 7.88. The van der Waals surface area contributed by atoms with E-state index in [1.165, 1.54) is 0 Å². The summed E-state index contributed by atoms with van der Waals surface area (Å²) in [5.74, 6) is 2.41. The number of ether oxygens (including phenoxy) is 3. The summed E-state index contributed by atoms with van der Waals surface area (Å²) < 4.78 is 18.1. The molecule has 0 unspecified atom stereocenters. The Morgan fingerprint density at radius 3 is 2.53 bits per heavy atom. The molecule has 1 amide bonds. The number of amides is 1. The van der Waals surface area contributed by atoms with E-state index in [1.807, 2.05) is 29.2 Å². The zero-order valence-corrected chi connectivity index (χ0v) is 20.2. The summed E-state index contributed by atoms with van der Waals surface area (Å²) >= 11 is 0. The molecule has 0 bridgehead atoms. The lowest BCUT2D eigenvalue weighted by molar-refractivity contribution is -0.135. The first kappa shape index (κ1) is 23.0. The highest BCUT2D eigenvalue weighted by Crippen LogP contribution is 2.41. The molecule has 1 aromatic carbocycles. The first-order chi connectivity index (χ1) is 16.5. The third kappa shape index (κ3) is 5.30. The molecule has 0 aliphatic carbocycles. The van der Waals surface area contributed by atoms with Crippen molar-refractivity contribution in [2.24, 2.45) is 0 Å². The number of rotatable bonds is 6. The molecule has 182 valence electrons. The summed E-state index contributed by atoms with van der Waals surface area (Å²) in [6.07, 6.45) is 8.77. The van der Waals surface area contributed by atoms with Crippen LogP contribution in [-0.2, 0) is 11.2 Å². The van der Waals surface area contributed by atoms with Gasteiger partial charge in [0.1, 0.15) is 17.5 Å². The number of para-hydroxylation sites is 1. The fourth-order valence-electron chi connectivity index (χ4n) is 5.38. The standard InChI is InChI=1S/C27H35N3O4/c1-27(2)18-20-4-3-5-24(26(20)34-27)32-19-25(31)30-14-8-21(9-15-30)29-16-10-23(11-17-29)33-22-6-12-28-13-7-22/h3-7,12-13,21,23H,8-11,14-19H2,1-2H3. The van der Waals surface area contributed by atoms with E-state index in [2.05, 4.69) is 29.8 Å². The summed E-state index contributed by atoms with van der Waals surface area (Å²) in [6, 6.07) is 10.3. The molecule has 7 heteroatoms. The van der Waals surface area contributed by atoms with Crippen molar-refractivity contribution in [2.75, 3.05) is 32.8 Å². The molecule has 5 rings (SSSR count). The predicted molar refractivity (Wildman–Crippen MR) is 129 cm³/mol. The van der Waals surface area contributed by atoms with Crippen molar-refractivity contribution in [1.29, 1.82) is 0 Å². The molecule has 4 heterocycles. The monoisotopic (exact) mass is 465 g/mol. The molecule has 2 aromatic rings. The van der Waals surface area contributed by atoms with E-state index in [0.717, 1.165) is 75.3 Å². The van der Waals surface area contributed by atoms with Crippen LogP contribution in [0.25, 0.3) is 0 Å². The van der Waals surface area contributed by atoms with Gasteiger partial charge in [0.2, 0.25) is 0 Å². The quantitative estimate of drug-likeness (QED) is 0.648. The van der Waals surface area contributed by atoms with Gasteiger partial charge in [0.15, 0.2) is 18.1 Å². The molecule has 0 saturated carbocycles. The second-order valence-corrected chi connectivity index (χ2v) is 10.2. The Bertz CT molecular complexity index is 981. The number of carbonyl (C=O) groups excluding carboxylic acids is 1. The highest BCUT2D eigenvalue weighted by Gasteiger charge is 2.33. The van der Waals surface area contributed by atoms with Gasteiger partial charge >= 0.3 is 0 Å². The van der Waals surface area contributed by atoms with Crippen LogP contribution in [-0.4, -0.2) is 71.2 Å². The Balaban J connectivity index is 1.05. The van der Waals surface area contributed by atoms with Crippen LogP contribution in [0.2, 0.25) is 0 Å². The van der Waals surface area contributed by atoms with Crippen molar-refractivity contribution in [3.8, 4) is 17.2 Å². The Labute approximate surface area is 202 Å². The zero-order chi connectivity index (χ0) is 23.5. The Hall–Kier alpha value is -2.80. The number of aromatic nitrogens is 1. The maximum Gasteiger partial charge on any atom is 0.260 e. The number of hydrogen-bond acceptors (Lipinski definition) is 6. The average molecular weight is 466 g/mol. The van der Waals surface area contributed by atoms with Crippen molar-refractivity contribution < 1.29 is 19.0 Å². The van der Waals surface area contributed by atoms with Crippen molar-refractivity contribution in [3.05, 3.63) is 48.3 Å². The van der Waals surface area contributed by atoms with Gasteiger partial charge < -0.3 is 19.1 Å². The second kappa shape index (κ2) is 9.82. The van der Waals surface area contributed by atoms with E-state index in [0.29, 0.717) is 11.8 Å². The van der Waals surface area contributed by atoms with Crippen LogP contribution < -0.4 is 14.2 Å². The average Bonchev–Trinajstić information content (AvgIpc) is 3.18. The maximum absolute atomic E-state index is 12.8. The molecular formula is C27H35N3O4. The van der Waals surface area contributed by atoms with E-state index >= 15 is 0 Å². The highest BCUT2D eigenvalue weighted by molar-refractivity contribution is 5.78. The van der Waals surface area contributed by atoms with E-state index in [4.69, 9.17) is 14.2 Å². The molecule has 3 aliphatic heterocycles. The third-order valence-corrected chi connectivity index (χ3v) is 7.17. The van der Waals surface area contributed by atoms with Crippen LogP contribution >= 0.6 is 0 Å². The van der Waals surface area contributed by atoms with Gasteiger partial charge in [-0.25, -0.2) is 0 Å². The zero-order valence-electron chi connectivity index (χ0n) is 20.2. The minimum absolute atomic E-state index is 0.0535. The van der Waals surface area contributed by atoms with Crippen LogP contribution in [0.5, 0.6) is 17.2 Å². The van der Waals surface area contributed by atoms with Crippen LogP contribution in [0.4, 0.5) is 0 Å². The fraction of sp³-hybridized carbons (Fsp3) is 0.556. The summed E-state index contributed by atoms with van der Waals surface area (Å²) in [5, 5.41) is 0. The first-order valence-corrected chi connectivity index (χ1v) is 12.5. The number of hydrogen-bond donors (Lipinski definition) is 0. The summed E-state index contributed by atoms with van der Waals surface area (Å²) in [5.41, 5.74) is 0.915. The second-order valence-electron chi connectivity index (χ2n) is 10.2. The topological polar surface area (TPSA) is 64.1 Å². The number of likely N-dealkylation sites (tertiary alicyclic amines) is 2. The smallest absolute Gasteiger partial charge is 0.260 e. The van der Waals surface area contributed by atoms with Gasteiger partial charge in [-0.05, 0) is 57.7 Å². The van der Waals surface area contributed by atoms with Gasteiger partial charge in [0.25, 0.3) is 5.91 Å². The van der Waals surface area contributed by atoms with E-state index in [9.17, 15) is 4.79 Å². The molecular weight excluding hydrogens is 430 g/mol. The minimum Gasteiger partial charge on any atom is -0.490 e. The molecule has 2 fully saturated rings. The summed E-state index contributed by atoms with van der Waals surface area (Å²) in [7, 11) is 0. The SMILES string of the molecule is CC1(C)Cc2cccc(OCC(=O)N3CCC(N4CCC(Oc5ccncc5)CC4)CC3)c2O1. The van der Waals surface area contributed by atoms with Crippen molar-refractivity contribution in [1.82, 2.24) is 14.8 Å². The van der Waals surface area contributed by atoms with E-state index < -0.39 is 0 Å². The normalized spacial score (nSPS) is 21.1. The summed E-state index contributed by atoms with van der Waals surface area (Å²) in [4.78, 5) is 21.4. The molecule has 34 heavy (non-hydrogen) atoms.